The highest BCUT2D eigenvalue weighted by atomic mass is 32.2. The van der Waals surface area contributed by atoms with Gasteiger partial charge in [0.1, 0.15) is 9.93 Å². The molecule has 0 bridgehead atoms. The number of para-hydroxylation sites is 1. The smallest absolute Gasteiger partial charge is 0.269 e. The molecule has 2 aliphatic rings. The maximum atomic E-state index is 13.4. The zero-order chi connectivity index (χ0) is 20.4. The van der Waals surface area contributed by atoms with Crippen molar-refractivity contribution in [3.8, 4) is 0 Å². The number of benzene rings is 2. The quantitative estimate of drug-likeness (QED) is 0.540. The van der Waals surface area contributed by atoms with Crippen LogP contribution in [0.3, 0.4) is 0 Å². The normalized spacial score (nSPS) is 20.1. The molecule has 6 heteroatoms. The summed E-state index contributed by atoms with van der Waals surface area (Å²) in [6.45, 7) is 7.87. The number of thioether (sulfide) groups is 2. The average Bonchev–Trinajstić information content (AvgIpc) is 3.23. The molecular weight excluding hydrogens is 398 g/mol. The van der Waals surface area contributed by atoms with Crippen LogP contribution in [0, 0.1) is 6.92 Å². The van der Waals surface area contributed by atoms with Crippen LogP contribution in [-0.2, 0) is 4.79 Å². The van der Waals surface area contributed by atoms with E-state index in [0.717, 1.165) is 40.2 Å². The molecule has 2 aromatic rings. The first kappa shape index (κ1) is 20.1. The summed E-state index contributed by atoms with van der Waals surface area (Å²) in [7, 11) is 0. The summed E-state index contributed by atoms with van der Waals surface area (Å²) in [4.78, 5) is 24.3. The molecule has 4 nitrogen and oxygen atoms in total. The van der Waals surface area contributed by atoms with Gasteiger partial charge in [0.15, 0.2) is 5.17 Å². The number of amidine groups is 1. The third-order valence-corrected chi connectivity index (χ3v) is 7.32. The Morgan fingerprint density at radius 2 is 1.83 bits per heavy atom. The van der Waals surface area contributed by atoms with Crippen molar-refractivity contribution in [1.29, 1.82) is 0 Å². The molecule has 0 unspecified atom stereocenters. The summed E-state index contributed by atoms with van der Waals surface area (Å²) in [5.41, 5.74) is 3.24. The number of hydrogen-bond donors (Lipinski definition) is 0. The molecule has 0 atom stereocenters. The molecule has 1 amide bonds. The van der Waals surface area contributed by atoms with E-state index in [-0.39, 0.29) is 5.91 Å². The van der Waals surface area contributed by atoms with Crippen LogP contribution >= 0.6 is 23.5 Å². The Morgan fingerprint density at radius 3 is 2.59 bits per heavy atom. The van der Waals surface area contributed by atoms with E-state index in [1.165, 1.54) is 27.9 Å². The lowest BCUT2D eigenvalue weighted by molar-refractivity contribution is -0.122. The van der Waals surface area contributed by atoms with Crippen LogP contribution in [0.5, 0.6) is 0 Å². The summed E-state index contributed by atoms with van der Waals surface area (Å²) in [5.74, 6) is 0.0728. The monoisotopic (exact) mass is 423 g/mol. The first-order chi connectivity index (χ1) is 14.1. The van der Waals surface area contributed by atoms with Gasteiger partial charge in [-0.25, -0.2) is 4.99 Å². The van der Waals surface area contributed by atoms with Gasteiger partial charge in [0, 0.05) is 18.0 Å². The number of carbonyl (C=O) groups is 1. The number of carbonyl (C=O) groups excluding carboxylic acids is 1. The van der Waals surface area contributed by atoms with Gasteiger partial charge in [-0.2, -0.15) is 0 Å². The van der Waals surface area contributed by atoms with E-state index in [0.29, 0.717) is 6.54 Å². The van der Waals surface area contributed by atoms with Gasteiger partial charge in [-0.15, -0.1) is 0 Å². The molecule has 150 valence electrons. The van der Waals surface area contributed by atoms with Crippen LogP contribution in [0.4, 0.5) is 11.4 Å². The van der Waals surface area contributed by atoms with Crippen molar-refractivity contribution in [2.75, 3.05) is 18.0 Å². The van der Waals surface area contributed by atoms with Gasteiger partial charge in [-0.1, -0.05) is 49.4 Å². The molecule has 29 heavy (non-hydrogen) atoms. The number of rotatable bonds is 5. The number of aliphatic imine (C=N–C) groups is 1. The minimum absolute atomic E-state index is 0.0728. The molecule has 4 rings (SSSR count). The fourth-order valence-corrected chi connectivity index (χ4v) is 5.88. The lowest BCUT2D eigenvalue weighted by atomic mass is 10.2. The molecule has 0 spiro atoms. The van der Waals surface area contributed by atoms with E-state index in [1.54, 1.807) is 11.8 Å². The Kier molecular flexibility index (Phi) is 6.01. The van der Waals surface area contributed by atoms with Crippen molar-refractivity contribution in [1.82, 2.24) is 4.90 Å². The zero-order valence-corrected chi connectivity index (χ0v) is 18.6. The number of aryl methyl sites for hydroxylation is 1. The summed E-state index contributed by atoms with van der Waals surface area (Å²) in [5, 5.41) is 1.81. The SMILES string of the molecule is CCCCN1C(=O)C(=C2Sc3ccccc3N2CC)SC1=Nc1cccc(C)c1. The predicted molar refractivity (Wildman–Crippen MR) is 125 cm³/mol. The second-order valence-corrected chi connectivity index (χ2v) is 9.10. The van der Waals surface area contributed by atoms with E-state index < -0.39 is 0 Å². The average molecular weight is 424 g/mol. The van der Waals surface area contributed by atoms with Gasteiger partial charge in [-0.3, -0.25) is 9.69 Å². The predicted octanol–water partition coefficient (Wildman–Crippen LogP) is 6.16. The van der Waals surface area contributed by atoms with E-state index in [9.17, 15) is 4.79 Å². The molecular formula is C23H25N3OS2. The van der Waals surface area contributed by atoms with Gasteiger partial charge in [0.2, 0.25) is 0 Å². The summed E-state index contributed by atoms with van der Waals surface area (Å²) < 4.78 is 0. The van der Waals surface area contributed by atoms with Crippen LogP contribution in [0.1, 0.15) is 32.3 Å². The number of unbranched alkanes of at least 4 members (excludes halogenated alkanes) is 1. The van der Waals surface area contributed by atoms with Gasteiger partial charge in [-0.05, 0) is 61.9 Å². The number of hydrogen-bond acceptors (Lipinski definition) is 5. The molecule has 0 saturated carbocycles. The Labute approximate surface area is 181 Å². The van der Waals surface area contributed by atoms with Crippen molar-refractivity contribution < 1.29 is 4.79 Å². The van der Waals surface area contributed by atoms with Gasteiger partial charge in [0.25, 0.3) is 5.91 Å². The maximum absolute atomic E-state index is 13.4. The maximum Gasteiger partial charge on any atom is 0.269 e. The molecule has 0 radical (unpaired) electrons. The molecule has 0 aliphatic carbocycles. The fraction of sp³-hybridized carbons (Fsp3) is 0.304. The molecule has 2 heterocycles. The molecule has 1 fully saturated rings. The van der Waals surface area contributed by atoms with Crippen LogP contribution in [0.25, 0.3) is 0 Å². The minimum Gasteiger partial charge on any atom is -0.334 e. The second kappa shape index (κ2) is 8.67. The van der Waals surface area contributed by atoms with Gasteiger partial charge >= 0.3 is 0 Å². The van der Waals surface area contributed by atoms with Crippen LogP contribution in [0.15, 0.2) is 68.4 Å². The second-order valence-electron chi connectivity index (χ2n) is 7.09. The summed E-state index contributed by atoms with van der Waals surface area (Å²) in [6.07, 6.45) is 2.01. The highest BCUT2D eigenvalue weighted by Gasteiger charge is 2.39. The third-order valence-electron chi connectivity index (χ3n) is 4.94. The van der Waals surface area contributed by atoms with Crippen molar-refractivity contribution in [3.63, 3.8) is 0 Å². The lowest BCUT2D eigenvalue weighted by Gasteiger charge is -2.19. The summed E-state index contributed by atoms with van der Waals surface area (Å²) >= 11 is 3.20. The molecule has 2 aromatic carbocycles. The standard InChI is InChI=1S/C23H25N3OS2/c1-4-6-14-26-21(27)20(29-23(26)24-17-11-9-10-16(3)15-17)22-25(5-2)18-12-7-8-13-19(18)28-22/h7-13,15H,4-6,14H2,1-3H3. The highest BCUT2D eigenvalue weighted by Crippen LogP contribution is 2.50. The van der Waals surface area contributed by atoms with Gasteiger partial charge < -0.3 is 4.90 Å². The molecule has 2 aliphatic heterocycles. The highest BCUT2D eigenvalue weighted by molar-refractivity contribution is 8.19. The Morgan fingerprint density at radius 1 is 1.00 bits per heavy atom. The van der Waals surface area contributed by atoms with Crippen LogP contribution in [-0.4, -0.2) is 29.1 Å². The van der Waals surface area contributed by atoms with E-state index >= 15 is 0 Å². The number of anilines is 1. The van der Waals surface area contributed by atoms with E-state index in [4.69, 9.17) is 4.99 Å². The third kappa shape index (κ3) is 3.96. The lowest BCUT2D eigenvalue weighted by Crippen LogP contribution is -2.30. The largest absolute Gasteiger partial charge is 0.334 e. The van der Waals surface area contributed by atoms with Gasteiger partial charge in [0.05, 0.1) is 11.4 Å². The Hall–Kier alpha value is -2.18. The minimum atomic E-state index is 0.0728. The van der Waals surface area contributed by atoms with Crippen molar-refractivity contribution in [2.45, 2.75) is 38.5 Å². The first-order valence-electron chi connectivity index (χ1n) is 10.1. The fourth-order valence-electron chi connectivity index (χ4n) is 3.46. The van der Waals surface area contributed by atoms with Crippen LogP contribution < -0.4 is 4.90 Å². The summed E-state index contributed by atoms with van der Waals surface area (Å²) in [6, 6.07) is 16.5. The number of fused-ring (bicyclic) bond motifs is 1. The van der Waals surface area contributed by atoms with Crippen molar-refractivity contribution in [2.24, 2.45) is 4.99 Å². The van der Waals surface area contributed by atoms with Crippen LogP contribution in [0.2, 0.25) is 0 Å². The topological polar surface area (TPSA) is 35.9 Å². The Bertz CT molecular complexity index is 999. The van der Waals surface area contributed by atoms with Crippen molar-refractivity contribution in [3.05, 3.63) is 64.0 Å². The first-order valence-corrected chi connectivity index (χ1v) is 11.7. The van der Waals surface area contributed by atoms with E-state index in [1.807, 2.05) is 17.0 Å². The molecule has 0 aromatic heterocycles. The molecule has 1 saturated heterocycles. The molecule has 0 N–H and O–H groups in total. The Balaban J connectivity index is 1.74. The number of nitrogens with zero attached hydrogens (tertiary/aromatic N) is 3. The van der Waals surface area contributed by atoms with Crippen molar-refractivity contribution >= 4 is 46.0 Å². The number of amides is 1. The zero-order valence-electron chi connectivity index (χ0n) is 17.0. The van der Waals surface area contributed by atoms with E-state index in [2.05, 4.69) is 62.1 Å².